The Morgan fingerprint density at radius 3 is 2.75 bits per heavy atom. The zero-order chi connectivity index (χ0) is 12.1. The minimum atomic E-state index is -0.913. The summed E-state index contributed by atoms with van der Waals surface area (Å²) in [6, 6.07) is 0. The number of hydrogen-bond donors (Lipinski definition) is 3. The molecule has 0 spiro atoms. The minimum Gasteiger partial charge on any atom is -0.481 e. The average Bonchev–Trinajstić information content (AvgIpc) is 2.60. The van der Waals surface area contributed by atoms with Gasteiger partial charge in [0.2, 0.25) is 11.5 Å². The second kappa shape index (κ2) is 5.10. The molecule has 16 heavy (non-hydrogen) atoms. The molecule has 1 rings (SSSR count). The maximum atomic E-state index is 11.4. The van der Waals surface area contributed by atoms with E-state index in [1.165, 1.54) is 0 Å². The lowest BCUT2D eigenvalue weighted by atomic mass is 10.1. The van der Waals surface area contributed by atoms with Crippen LogP contribution in [0.3, 0.4) is 0 Å². The first-order valence-electron chi connectivity index (χ1n) is 4.58. The van der Waals surface area contributed by atoms with Gasteiger partial charge < -0.3 is 16.2 Å². The van der Waals surface area contributed by atoms with E-state index in [0.717, 1.165) is 0 Å². The summed E-state index contributed by atoms with van der Waals surface area (Å²) < 4.78 is 4.26. The van der Waals surface area contributed by atoms with E-state index < -0.39 is 11.9 Å². The van der Waals surface area contributed by atoms with Crippen LogP contribution in [0.5, 0.6) is 0 Å². The highest BCUT2D eigenvalue weighted by molar-refractivity contribution is 5.95. The number of hydrogen-bond acceptors (Lipinski definition) is 6. The lowest BCUT2D eigenvalue weighted by molar-refractivity contribution is -0.137. The van der Waals surface area contributed by atoms with E-state index in [9.17, 15) is 9.59 Å². The van der Waals surface area contributed by atoms with E-state index in [2.05, 4.69) is 20.3 Å². The molecule has 0 fully saturated rings. The van der Waals surface area contributed by atoms with Crippen molar-refractivity contribution in [2.24, 2.45) is 5.92 Å². The molecular weight excluding hydrogens is 216 g/mol. The van der Waals surface area contributed by atoms with Gasteiger partial charge in [-0.3, -0.25) is 9.59 Å². The Balaban J connectivity index is 2.42. The van der Waals surface area contributed by atoms with Gasteiger partial charge in [0.15, 0.2) is 0 Å². The summed E-state index contributed by atoms with van der Waals surface area (Å²) in [4.78, 5) is 21.8. The summed E-state index contributed by atoms with van der Waals surface area (Å²) in [5, 5.41) is 17.6. The van der Waals surface area contributed by atoms with Crippen LogP contribution in [0.2, 0.25) is 0 Å². The van der Waals surface area contributed by atoms with Crippen LogP contribution in [0.4, 0.5) is 5.82 Å². The lowest BCUT2D eigenvalue weighted by Crippen LogP contribution is -2.30. The van der Waals surface area contributed by atoms with Crippen LogP contribution in [0.1, 0.15) is 23.8 Å². The summed E-state index contributed by atoms with van der Waals surface area (Å²) >= 11 is 0. The first kappa shape index (κ1) is 12.0. The second-order valence-corrected chi connectivity index (χ2v) is 3.41. The number of nitrogen functional groups attached to an aromatic ring is 1. The van der Waals surface area contributed by atoms with Crippen molar-refractivity contribution in [2.45, 2.75) is 13.3 Å². The van der Waals surface area contributed by atoms with Crippen LogP contribution in [0, 0.1) is 5.92 Å². The number of carboxylic acids is 1. The topological polar surface area (TPSA) is 131 Å². The molecule has 8 nitrogen and oxygen atoms in total. The van der Waals surface area contributed by atoms with Crippen molar-refractivity contribution in [3.8, 4) is 0 Å². The van der Waals surface area contributed by atoms with Crippen molar-refractivity contribution in [1.82, 2.24) is 15.6 Å². The number of carbonyl (C=O) groups is 2. The number of nitrogens with zero attached hydrogens (tertiary/aromatic N) is 2. The van der Waals surface area contributed by atoms with E-state index >= 15 is 0 Å². The third-order valence-corrected chi connectivity index (χ3v) is 1.86. The van der Waals surface area contributed by atoms with Crippen LogP contribution in [0.15, 0.2) is 4.63 Å². The third-order valence-electron chi connectivity index (χ3n) is 1.86. The van der Waals surface area contributed by atoms with Crippen molar-refractivity contribution >= 4 is 17.7 Å². The molecule has 0 saturated heterocycles. The fourth-order valence-corrected chi connectivity index (χ4v) is 1.07. The predicted octanol–water partition coefficient (Wildman–Crippen LogP) is -0.508. The molecule has 4 N–H and O–H groups in total. The SMILES string of the molecule is CC(CNC(=O)c1nonc1N)CC(=O)O. The predicted molar refractivity (Wildman–Crippen MR) is 52.5 cm³/mol. The average molecular weight is 228 g/mol. The van der Waals surface area contributed by atoms with Crippen LogP contribution in [0.25, 0.3) is 0 Å². The van der Waals surface area contributed by atoms with E-state index in [4.69, 9.17) is 10.8 Å². The molecule has 0 radical (unpaired) electrons. The lowest BCUT2D eigenvalue weighted by Gasteiger charge is -2.08. The summed E-state index contributed by atoms with van der Waals surface area (Å²) in [6.45, 7) is 1.93. The highest BCUT2D eigenvalue weighted by Gasteiger charge is 2.16. The monoisotopic (exact) mass is 228 g/mol. The number of carbonyl (C=O) groups excluding carboxylic acids is 1. The molecule has 1 aromatic rings. The molecule has 0 aromatic carbocycles. The molecule has 1 heterocycles. The Morgan fingerprint density at radius 1 is 1.56 bits per heavy atom. The molecule has 0 aliphatic carbocycles. The Hall–Kier alpha value is -2.12. The van der Waals surface area contributed by atoms with Crippen LogP contribution >= 0.6 is 0 Å². The highest BCUT2D eigenvalue weighted by atomic mass is 16.6. The van der Waals surface area contributed by atoms with E-state index in [-0.39, 0.29) is 30.4 Å². The standard InChI is InChI=1S/C8H12N4O4/c1-4(2-5(13)14)3-10-8(15)6-7(9)12-16-11-6/h4H,2-3H2,1H3,(H2,9,12)(H,10,15)(H,13,14). The number of amides is 1. The number of carboxylic acid groups (broad SMARTS) is 1. The van der Waals surface area contributed by atoms with Gasteiger partial charge in [-0.2, -0.15) is 0 Å². The van der Waals surface area contributed by atoms with Gasteiger partial charge >= 0.3 is 5.97 Å². The smallest absolute Gasteiger partial charge is 0.303 e. The molecule has 0 aliphatic heterocycles. The van der Waals surface area contributed by atoms with E-state index in [0.29, 0.717) is 0 Å². The zero-order valence-corrected chi connectivity index (χ0v) is 8.64. The number of rotatable bonds is 5. The quantitative estimate of drug-likeness (QED) is 0.618. The van der Waals surface area contributed by atoms with E-state index in [1.807, 2.05) is 0 Å². The van der Waals surface area contributed by atoms with Gasteiger partial charge in [-0.15, -0.1) is 0 Å². The van der Waals surface area contributed by atoms with Gasteiger partial charge in [-0.1, -0.05) is 6.92 Å². The molecule has 0 saturated carbocycles. The fourth-order valence-electron chi connectivity index (χ4n) is 1.07. The van der Waals surface area contributed by atoms with Crippen molar-refractivity contribution < 1.29 is 19.3 Å². The number of aliphatic carboxylic acids is 1. The molecular formula is C8H12N4O4. The largest absolute Gasteiger partial charge is 0.481 e. The summed E-state index contributed by atoms with van der Waals surface area (Å²) in [7, 11) is 0. The number of aromatic nitrogens is 2. The summed E-state index contributed by atoms with van der Waals surface area (Å²) in [6.07, 6.45) is -0.0210. The van der Waals surface area contributed by atoms with Gasteiger partial charge in [-0.05, 0) is 16.2 Å². The van der Waals surface area contributed by atoms with Crippen molar-refractivity contribution in [3.05, 3.63) is 5.69 Å². The Kier molecular flexibility index (Phi) is 3.81. The normalized spacial score (nSPS) is 12.1. The Bertz CT molecular complexity index is 389. The molecule has 0 bridgehead atoms. The fraction of sp³-hybridized carbons (Fsp3) is 0.500. The van der Waals surface area contributed by atoms with Crippen molar-refractivity contribution in [2.75, 3.05) is 12.3 Å². The molecule has 1 unspecified atom stereocenters. The molecule has 1 atom stereocenters. The van der Waals surface area contributed by atoms with Gasteiger partial charge in [0, 0.05) is 13.0 Å². The Labute approximate surface area is 90.8 Å². The van der Waals surface area contributed by atoms with Crippen LogP contribution < -0.4 is 11.1 Å². The van der Waals surface area contributed by atoms with Gasteiger partial charge in [0.1, 0.15) is 0 Å². The summed E-state index contributed by atoms with van der Waals surface area (Å²) in [5.74, 6) is -1.72. The third kappa shape index (κ3) is 3.23. The Morgan fingerprint density at radius 2 is 2.25 bits per heavy atom. The summed E-state index contributed by atoms with van der Waals surface area (Å²) in [5.41, 5.74) is 5.21. The number of anilines is 1. The van der Waals surface area contributed by atoms with E-state index in [1.54, 1.807) is 6.92 Å². The van der Waals surface area contributed by atoms with Crippen LogP contribution in [-0.4, -0.2) is 33.8 Å². The van der Waals surface area contributed by atoms with Gasteiger partial charge in [0.25, 0.3) is 5.91 Å². The number of nitrogens with one attached hydrogen (secondary N) is 1. The maximum absolute atomic E-state index is 11.4. The van der Waals surface area contributed by atoms with Gasteiger partial charge in [-0.25, -0.2) is 4.63 Å². The zero-order valence-electron chi connectivity index (χ0n) is 8.64. The maximum Gasteiger partial charge on any atom is 0.303 e. The first-order chi connectivity index (χ1) is 7.50. The molecule has 1 aromatic heterocycles. The van der Waals surface area contributed by atoms with Crippen LogP contribution in [-0.2, 0) is 4.79 Å². The number of nitrogens with two attached hydrogens (primary N) is 1. The van der Waals surface area contributed by atoms with Crippen molar-refractivity contribution in [3.63, 3.8) is 0 Å². The molecule has 0 aliphatic rings. The van der Waals surface area contributed by atoms with Gasteiger partial charge in [0.05, 0.1) is 0 Å². The minimum absolute atomic E-state index is 0.0210. The van der Waals surface area contributed by atoms with Crippen molar-refractivity contribution in [1.29, 1.82) is 0 Å². The second-order valence-electron chi connectivity index (χ2n) is 3.41. The first-order valence-corrected chi connectivity index (χ1v) is 4.58. The highest BCUT2D eigenvalue weighted by Crippen LogP contribution is 2.04. The molecule has 8 heteroatoms. The molecule has 88 valence electrons. The molecule has 1 amide bonds.